The topological polar surface area (TPSA) is 142 Å². The molecule has 0 fully saturated rings. The van der Waals surface area contributed by atoms with Gasteiger partial charge >= 0.3 is 5.97 Å². The Bertz CT molecular complexity index is 900. The third-order valence-electron chi connectivity index (χ3n) is 4.44. The van der Waals surface area contributed by atoms with Crippen molar-refractivity contribution in [3.63, 3.8) is 0 Å². The zero-order valence-corrected chi connectivity index (χ0v) is 17.0. The smallest absolute Gasteiger partial charge is 0.323 e. The summed E-state index contributed by atoms with van der Waals surface area (Å²) in [7, 11) is 0. The number of benzene rings is 2. The van der Waals surface area contributed by atoms with Crippen LogP contribution in [0.15, 0.2) is 54.6 Å². The largest absolute Gasteiger partial charge is 0.480 e. The summed E-state index contributed by atoms with van der Waals surface area (Å²) in [5.74, 6) is -2.33. The lowest BCUT2D eigenvalue weighted by molar-refractivity contribution is -0.144. The SMILES string of the molecule is NCc1ccc(C(=O)NCC(=O)NCCN(CC(=O)O)C(=O)Cc2ccccc2)cc1. The Morgan fingerprint density at radius 3 is 2.19 bits per heavy atom. The van der Waals surface area contributed by atoms with E-state index in [9.17, 15) is 19.2 Å². The Morgan fingerprint density at radius 1 is 0.903 bits per heavy atom. The summed E-state index contributed by atoms with van der Waals surface area (Å²) in [6.45, 7) is -0.228. The van der Waals surface area contributed by atoms with Gasteiger partial charge in [-0.05, 0) is 23.3 Å². The first-order chi connectivity index (χ1) is 14.9. The number of nitrogens with two attached hydrogens (primary N) is 1. The van der Waals surface area contributed by atoms with Gasteiger partial charge in [-0.15, -0.1) is 0 Å². The zero-order valence-electron chi connectivity index (χ0n) is 17.0. The second kappa shape index (κ2) is 12.1. The number of nitrogens with one attached hydrogen (secondary N) is 2. The van der Waals surface area contributed by atoms with Gasteiger partial charge in [-0.25, -0.2) is 0 Å². The average molecular weight is 426 g/mol. The molecule has 2 rings (SSSR count). The van der Waals surface area contributed by atoms with Crippen molar-refractivity contribution in [2.75, 3.05) is 26.2 Å². The van der Waals surface area contributed by atoms with Gasteiger partial charge in [-0.3, -0.25) is 19.2 Å². The molecule has 9 heteroatoms. The predicted octanol–water partition coefficient (Wildman–Crippen LogP) is 0.147. The molecule has 0 bridgehead atoms. The summed E-state index contributed by atoms with van der Waals surface area (Å²) in [5, 5.41) is 14.1. The van der Waals surface area contributed by atoms with Crippen LogP contribution < -0.4 is 16.4 Å². The molecular formula is C22H26N4O5. The Morgan fingerprint density at radius 2 is 1.58 bits per heavy atom. The van der Waals surface area contributed by atoms with Gasteiger partial charge < -0.3 is 26.4 Å². The average Bonchev–Trinajstić information content (AvgIpc) is 2.77. The van der Waals surface area contributed by atoms with Crippen molar-refractivity contribution in [3.8, 4) is 0 Å². The third kappa shape index (κ3) is 8.27. The second-order valence-corrected chi connectivity index (χ2v) is 6.81. The van der Waals surface area contributed by atoms with E-state index in [0.717, 1.165) is 11.1 Å². The van der Waals surface area contributed by atoms with Crippen LogP contribution >= 0.6 is 0 Å². The molecule has 0 atom stereocenters. The van der Waals surface area contributed by atoms with Gasteiger partial charge in [-0.2, -0.15) is 0 Å². The van der Waals surface area contributed by atoms with Gasteiger partial charge in [0.2, 0.25) is 11.8 Å². The lowest BCUT2D eigenvalue weighted by Gasteiger charge is -2.21. The van der Waals surface area contributed by atoms with Crippen LogP contribution in [0.2, 0.25) is 0 Å². The molecule has 0 unspecified atom stereocenters. The first kappa shape index (κ1) is 23.6. The minimum Gasteiger partial charge on any atom is -0.480 e. The van der Waals surface area contributed by atoms with Crippen LogP contribution in [0, 0.1) is 0 Å². The van der Waals surface area contributed by atoms with E-state index in [1.807, 2.05) is 6.07 Å². The molecule has 164 valence electrons. The van der Waals surface area contributed by atoms with Crippen LogP contribution in [-0.4, -0.2) is 59.9 Å². The van der Waals surface area contributed by atoms with Crippen molar-refractivity contribution in [2.45, 2.75) is 13.0 Å². The number of carboxylic acids is 1. The quantitative estimate of drug-likeness (QED) is 0.403. The van der Waals surface area contributed by atoms with E-state index in [-0.39, 0.29) is 32.0 Å². The van der Waals surface area contributed by atoms with Crippen LogP contribution in [0.4, 0.5) is 0 Å². The molecule has 0 aliphatic carbocycles. The molecule has 0 saturated carbocycles. The van der Waals surface area contributed by atoms with Gasteiger partial charge in [0, 0.05) is 25.2 Å². The van der Waals surface area contributed by atoms with Crippen molar-refractivity contribution in [3.05, 3.63) is 71.3 Å². The molecule has 0 spiro atoms. The molecule has 0 heterocycles. The van der Waals surface area contributed by atoms with E-state index >= 15 is 0 Å². The van der Waals surface area contributed by atoms with Crippen LogP contribution in [-0.2, 0) is 27.3 Å². The molecule has 9 nitrogen and oxygen atoms in total. The monoisotopic (exact) mass is 426 g/mol. The number of hydrogen-bond donors (Lipinski definition) is 4. The van der Waals surface area contributed by atoms with Crippen molar-refractivity contribution in [2.24, 2.45) is 5.73 Å². The van der Waals surface area contributed by atoms with Crippen molar-refractivity contribution in [1.82, 2.24) is 15.5 Å². The number of carbonyl (C=O) groups excluding carboxylic acids is 3. The number of nitrogens with zero attached hydrogens (tertiary/aromatic N) is 1. The number of carboxylic acid groups (broad SMARTS) is 1. The van der Waals surface area contributed by atoms with Crippen molar-refractivity contribution < 1.29 is 24.3 Å². The van der Waals surface area contributed by atoms with Crippen molar-refractivity contribution >= 4 is 23.7 Å². The summed E-state index contributed by atoms with van der Waals surface area (Å²) in [6.07, 6.45) is 0.0705. The van der Waals surface area contributed by atoms with Crippen molar-refractivity contribution in [1.29, 1.82) is 0 Å². The molecule has 0 radical (unpaired) electrons. The lowest BCUT2D eigenvalue weighted by atomic mass is 10.1. The first-order valence-corrected chi connectivity index (χ1v) is 9.76. The standard InChI is InChI=1S/C22H26N4O5/c23-13-17-6-8-18(9-7-17)22(31)25-14-19(27)24-10-11-26(15-21(29)30)20(28)12-16-4-2-1-3-5-16/h1-9H,10-15,23H2,(H,24,27)(H,25,31)(H,29,30). The number of carbonyl (C=O) groups is 4. The van der Waals surface area contributed by atoms with E-state index in [4.69, 9.17) is 10.8 Å². The molecule has 0 aliphatic heterocycles. The molecule has 5 N–H and O–H groups in total. The fourth-order valence-corrected chi connectivity index (χ4v) is 2.79. The fourth-order valence-electron chi connectivity index (χ4n) is 2.79. The maximum absolute atomic E-state index is 12.4. The minimum atomic E-state index is -1.14. The fraction of sp³-hybridized carbons (Fsp3) is 0.273. The van der Waals surface area contributed by atoms with Crippen LogP contribution in [0.1, 0.15) is 21.5 Å². The second-order valence-electron chi connectivity index (χ2n) is 6.81. The van der Waals surface area contributed by atoms with Gasteiger partial charge in [-0.1, -0.05) is 42.5 Å². The summed E-state index contributed by atoms with van der Waals surface area (Å²) in [6, 6.07) is 15.7. The molecule has 0 aromatic heterocycles. The Balaban J connectivity index is 1.78. The van der Waals surface area contributed by atoms with Crippen LogP contribution in [0.3, 0.4) is 0 Å². The summed E-state index contributed by atoms with van der Waals surface area (Å²) < 4.78 is 0. The van der Waals surface area contributed by atoms with Gasteiger partial charge in [0.1, 0.15) is 6.54 Å². The van der Waals surface area contributed by atoms with E-state index in [0.29, 0.717) is 12.1 Å². The van der Waals surface area contributed by atoms with Crippen LogP contribution in [0.25, 0.3) is 0 Å². The van der Waals surface area contributed by atoms with E-state index in [2.05, 4.69) is 10.6 Å². The highest BCUT2D eigenvalue weighted by molar-refractivity contribution is 5.96. The molecule has 2 aromatic rings. The normalized spacial score (nSPS) is 10.2. The maximum Gasteiger partial charge on any atom is 0.323 e. The predicted molar refractivity (Wildman–Crippen MR) is 114 cm³/mol. The van der Waals surface area contributed by atoms with Crippen LogP contribution in [0.5, 0.6) is 0 Å². The summed E-state index contributed by atoms with van der Waals surface area (Å²) in [4.78, 5) is 48.7. The van der Waals surface area contributed by atoms with Gasteiger partial charge in [0.25, 0.3) is 5.91 Å². The molecule has 0 aliphatic rings. The molecule has 0 saturated heterocycles. The van der Waals surface area contributed by atoms with Gasteiger partial charge in [0.05, 0.1) is 13.0 Å². The van der Waals surface area contributed by atoms with E-state index in [1.54, 1.807) is 48.5 Å². The summed E-state index contributed by atoms with van der Waals surface area (Å²) >= 11 is 0. The molecule has 3 amide bonds. The lowest BCUT2D eigenvalue weighted by Crippen LogP contribution is -2.44. The summed E-state index contributed by atoms with van der Waals surface area (Å²) in [5.41, 5.74) is 7.58. The minimum absolute atomic E-state index is 0.0399. The Labute approximate surface area is 180 Å². The number of hydrogen-bond acceptors (Lipinski definition) is 5. The van der Waals surface area contributed by atoms with Gasteiger partial charge in [0.15, 0.2) is 0 Å². The highest BCUT2D eigenvalue weighted by atomic mass is 16.4. The first-order valence-electron chi connectivity index (χ1n) is 9.76. The maximum atomic E-state index is 12.4. The Hall–Kier alpha value is -3.72. The number of aliphatic carboxylic acids is 1. The zero-order chi connectivity index (χ0) is 22.6. The number of amides is 3. The molecular weight excluding hydrogens is 400 g/mol. The highest BCUT2D eigenvalue weighted by Crippen LogP contribution is 2.04. The third-order valence-corrected chi connectivity index (χ3v) is 4.44. The highest BCUT2D eigenvalue weighted by Gasteiger charge is 2.17. The van der Waals surface area contributed by atoms with E-state index < -0.39 is 24.3 Å². The van der Waals surface area contributed by atoms with E-state index in [1.165, 1.54) is 4.90 Å². The molecule has 31 heavy (non-hydrogen) atoms. The molecule has 2 aromatic carbocycles. The number of rotatable bonds is 11. The Kier molecular flexibility index (Phi) is 9.18.